The van der Waals surface area contributed by atoms with Crippen molar-refractivity contribution in [1.29, 1.82) is 0 Å². The number of rotatable bonds is 70. The number of unbranched alkanes of at least 4 members (excludes halogenated alkanes) is 36. The second-order valence-corrected chi connectivity index (χ2v) is 27.8. The standard InChI is InChI=1S/C73H134O17P2/c1-5-9-13-17-21-25-29-31-33-35-39-41-45-49-53-57-70(75)83-63-68(89-72(77)59-55-51-47-43-37-27-23-19-15-11-7-3)65-87-91(79,80)85-61-67(74)62-86-92(81,82)88-66-69(90-73(78)60-56-52-48-44-38-28-24-20-16-12-8-4)64-84-71(76)58-54-50-46-42-40-36-34-32-30-26-22-18-14-10-6-2/h9,13,21,25,31-34,67-69,74H,5-8,10-12,14-20,22-24,26-30,35-66H2,1-4H3,(H,79,80)(H,81,82)/b13-9-,25-21-,33-31-,34-32-. The maximum atomic E-state index is 13.0. The zero-order valence-corrected chi connectivity index (χ0v) is 60.3. The maximum absolute atomic E-state index is 13.0. The van der Waals surface area contributed by atoms with Gasteiger partial charge in [0.1, 0.15) is 19.3 Å². The van der Waals surface area contributed by atoms with Crippen molar-refractivity contribution in [2.45, 2.75) is 354 Å². The Bertz CT molecular complexity index is 1940. The van der Waals surface area contributed by atoms with Crippen molar-refractivity contribution in [1.82, 2.24) is 0 Å². The summed E-state index contributed by atoms with van der Waals surface area (Å²) < 4.78 is 68.3. The number of carbonyl (C=O) groups is 4. The fourth-order valence-electron chi connectivity index (χ4n) is 10.2. The lowest BCUT2D eigenvalue weighted by Crippen LogP contribution is -2.30. The van der Waals surface area contributed by atoms with Crippen LogP contribution in [-0.4, -0.2) is 96.7 Å². The first kappa shape index (κ1) is 89.0. The first-order chi connectivity index (χ1) is 44.7. The molecule has 0 heterocycles. The van der Waals surface area contributed by atoms with Crippen LogP contribution in [0.3, 0.4) is 0 Å². The Morgan fingerprint density at radius 1 is 0.315 bits per heavy atom. The minimum atomic E-state index is -4.96. The fraction of sp³-hybridized carbons (Fsp3) is 0.836. The Balaban J connectivity index is 5.28. The number of carbonyl (C=O) groups excluding carboxylic acids is 4. The third-order valence-corrected chi connectivity index (χ3v) is 17.7. The van der Waals surface area contributed by atoms with Gasteiger partial charge in [-0.3, -0.25) is 37.3 Å². The van der Waals surface area contributed by atoms with E-state index < -0.39 is 97.5 Å². The van der Waals surface area contributed by atoms with Gasteiger partial charge in [-0.05, 0) is 83.5 Å². The maximum Gasteiger partial charge on any atom is 0.472 e. The van der Waals surface area contributed by atoms with E-state index in [1.54, 1.807) is 0 Å². The number of allylic oxidation sites excluding steroid dienone is 8. The summed E-state index contributed by atoms with van der Waals surface area (Å²) in [6.07, 6.45) is 61.1. The minimum Gasteiger partial charge on any atom is -0.462 e. The van der Waals surface area contributed by atoms with Crippen LogP contribution in [0.1, 0.15) is 336 Å². The monoisotopic (exact) mass is 1340 g/mol. The van der Waals surface area contributed by atoms with E-state index in [1.807, 2.05) is 0 Å². The molecule has 0 aliphatic carbocycles. The summed E-state index contributed by atoms with van der Waals surface area (Å²) in [4.78, 5) is 72.6. The predicted octanol–water partition coefficient (Wildman–Crippen LogP) is 20.6. The third-order valence-electron chi connectivity index (χ3n) is 15.8. The number of aliphatic hydroxyl groups excluding tert-OH is 1. The second-order valence-electron chi connectivity index (χ2n) is 24.9. The summed E-state index contributed by atoms with van der Waals surface area (Å²) in [5, 5.41) is 10.6. The van der Waals surface area contributed by atoms with Gasteiger partial charge in [-0.25, -0.2) is 9.13 Å². The molecule has 0 spiro atoms. The molecule has 0 aromatic carbocycles. The molecule has 0 aromatic heterocycles. The van der Waals surface area contributed by atoms with Gasteiger partial charge in [-0.2, -0.15) is 0 Å². The molecule has 92 heavy (non-hydrogen) atoms. The first-order valence-electron chi connectivity index (χ1n) is 36.9. The Morgan fingerprint density at radius 3 is 0.880 bits per heavy atom. The van der Waals surface area contributed by atoms with Crippen molar-refractivity contribution in [3.05, 3.63) is 48.6 Å². The minimum absolute atomic E-state index is 0.0974. The molecule has 0 aliphatic rings. The van der Waals surface area contributed by atoms with Gasteiger partial charge in [0.05, 0.1) is 26.4 Å². The van der Waals surface area contributed by atoms with Crippen LogP contribution in [0.15, 0.2) is 48.6 Å². The Morgan fingerprint density at radius 2 is 0.565 bits per heavy atom. The SMILES string of the molecule is CC/C=C\C/C=C\C/C=C\CCCCCCCC(=O)OCC(COP(=O)(O)OCC(O)COP(=O)(O)OCC(COC(=O)CCCCCCC/C=C\CCCCCCCC)OC(=O)CCCCCCCCCCCCC)OC(=O)CCCCCCCCCCCCC. The van der Waals surface area contributed by atoms with Crippen LogP contribution in [-0.2, 0) is 65.4 Å². The van der Waals surface area contributed by atoms with Crippen molar-refractivity contribution in [2.24, 2.45) is 0 Å². The topological polar surface area (TPSA) is 237 Å². The van der Waals surface area contributed by atoms with Crippen LogP contribution in [0.2, 0.25) is 0 Å². The van der Waals surface area contributed by atoms with Crippen LogP contribution >= 0.6 is 15.6 Å². The van der Waals surface area contributed by atoms with Crippen LogP contribution in [0.5, 0.6) is 0 Å². The van der Waals surface area contributed by atoms with Crippen molar-refractivity contribution < 1.29 is 80.2 Å². The van der Waals surface area contributed by atoms with Crippen LogP contribution in [0, 0.1) is 0 Å². The zero-order chi connectivity index (χ0) is 67.5. The molecule has 0 bridgehead atoms. The van der Waals surface area contributed by atoms with E-state index in [-0.39, 0.29) is 25.7 Å². The molecule has 0 saturated carbocycles. The molecule has 3 N–H and O–H groups in total. The van der Waals surface area contributed by atoms with Crippen molar-refractivity contribution in [3.8, 4) is 0 Å². The Kier molecular flexibility index (Phi) is 64.5. The van der Waals surface area contributed by atoms with E-state index in [1.165, 1.54) is 116 Å². The van der Waals surface area contributed by atoms with Gasteiger partial charge in [0.2, 0.25) is 0 Å². The molecule has 0 fully saturated rings. The summed E-state index contributed by atoms with van der Waals surface area (Å²) in [5.41, 5.74) is 0. The average Bonchev–Trinajstić information content (AvgIpc) is 2.55. The van der Waals surface area contributed by atoms with Crippen LogP contribution < -0.4 is 0 Å². The molecule has 17 nitrogen and oxygen atoms in total. The highest BCUT2D eigenvalue weighted by Gasteiger charge is 2.30. The summed E-state index contributed by atoms with van der Waals surface area (Å²) in [6, 6.07) is 0. The smallest absolute Gasteiger partial charge is 0.462 e. The summed E-state index contributed by atoms with van der Waals surface area (Å²) in [5.74, 6) is -2.17. The predicted molar refractivity (Wildman–Crippen MR) is 372 cm³/mol. The lowest BCUT2D eigenvalue weighted by atomic mass is 10.1. The molecule has 0 rings (SSSR count). The van der Waals surface area contributed by atoms with Gasteiger partial charge in [0.15, 0.2) is 12.2 Å². The summed E-state index contributed by atoms with van der Waals surface area (Å²) in [7, 11) is -9.92. The highest BCUT2D eigenvalue weighted by atomic mass is 31.2. The lowest BCUT2D eigenvalue weighted by Gasteiger charge is -2.21. The number of aliphatic hydroxyl groups is 1. The van der Waals surface area contributed by atoms with Gasteiger partial charge < -0.3 is 33.8 Å². The Hall–Kier alpha value is -2.98. The quantitative estimate of drug-likeness (QED) is 0.0169. The van der Waals surface area contributed by atoms with Gasteiger partial charge in [-0.1, -0.05) is 275 Å². The largest absolute Gasteiger partial charge is 0.472 e. The van der Waals surface area contributed by atoms with Crippen LogP contribution in [0.25, 0.3) is 0 Å². The number of phosphoric ester groups is 2. The van der Waals surface area contributed by atoms with Gasteiger partial charge in [-0.15, -0.1) is 0 Å². The highest BCUT2D eigenvalue weighted by Crippen LogP contribution is 2.45. The van der Waals surface area contributed by atoms with Crippen molar-refractivity contribution >= 4 is 39.5 Å². The molecular weight excluding hydrogens is 1210 g/mol. The number of phosphoric acid groups is 2. The highest BCUT2D eigenvalue weighted by molar-refractivity contribution is 7.47. The van der Waals surface area contributed by atoms with Crippen LogP contribution in [0.4, 0.5) is 0 Å². The van der Waals surface area contributed by atoms with Gasteiger partial charge in [0.25, 0.3) is 0 Å². The average molecular weight is 1350 g/mol. The molecule has 0 aliphatic heterocycles. The van der Waals surface area contributed by atoms with Crippen molar-refractivity contribution in [3.63, 3.8) is 0 Å². The van der Waals surface area contributed by atoms with E-state index in [9.17, 15) is 43.2 Å². The molecule has 19 heteroatoms. The number of hydrogen-bond acceptors (Lipinski definition) is 15. The summed E-state index contributed by atoms with van der Waals surface area (Å²) >= 11 is 0. The second kappa shape index (κ2) is 66.6. The molecule has 0 saturated heterocycles. The number of hydrogen-bond donors (Lipinski definition) is 3. The first-order valence-corrected chi connectivity index (χ1v) is 39.9. The van der Waals surface area contributed by atoms with E-state index >= 15 is 0 Å². The van der Waals surface area contributed by atoms with Gasteiger partial charge in [0, 0.05) is 25.7 Å². The fourth-order valence-corrected chi connectivity index (χ4v) is 11.8. The van der Waals surface area contributed by atoms with Crippen molar-refractivity contribution in [2.75, 3.05) is 39.6 Å². The Labute approximate surface area is 559 Å². The normalized spacial score (nSPS) is 14.3. The lowest BCUT2D eigenvalue weighted by molar-refractivity contribution is -0.161. The van der Waals surface area contributed by atoms with E-state index in [0.29, 0.717) is 25.7 Å². The molecule has 5 atom stereocenters. The van der Waals surface area contributed by atoms with E-state index in [4.69, 9.17) is 37.0 Å². The van der Waals surface area contributed by atoms with Gasteiger partial charge >= 0.3 is 39.5 Å². The molecule has 0 radical (unpaired) electrons. The number of ether oxygens (including phenoxy) is 4. The zero-order valence-electron chi connectivity index (χ0n) is 58.5. The molecule has 0 amide bonds. The molecular formula is C73H134O17P2. The molecule has 0 aromatic rings. The van der Waals surface area contributed by atoms with E-state index in [2.05, 4.69) is 76.3 Å². The summed E-state index contributed by atoms with van der Waals surface area (Å²) in [6.45, 7) is 4.76. The number of esters is 4. The molecule has 538 valence electrons. The molecule has 5 unspecified atom stereocenters. The third kappa shape index (κ3) is 65.7. The van der Waals surface area contributed by atoms with E-state index in [0.717, 1.165) is 141 Å².